The predicted molar refractivity (Wildman–Crippen MR) is 176 cm³/mol. The van der Waals surface area contributed by atoms with Crippen molar-refractivity contribution in [1.82, 2.24) is 9.88 Å². The van der Waals surface area contributed by atoms with Crippen molar-refractivity contribution in [2.75, 3.05) is 37.9 Å². The zero-order chi connectivity index (χ0) is 31.3. The third-order valence-corrected chi connectivity index (χ3v) is 8.18. The first-order valence-corrected chi connectivity index (χ1v) is 14.8. The third-order valence-electron chi connectivity index (χ3n) is 8.18. The molecule has 1 aliphatic heterocycles. The van der Waals surface area contributed by atoms with Gasteiger partial charge in [0.25, 0.3) is 11.8 Å². The van der Waals surface area contributed by atoms with E-state index in [1.54, 1.807) is 56.7 Å². The number of hydrogen-bond acceptors (Lipinski definition) is 6. The number of rotatable bonds is 9. The zero-order valence-corrected chi connectivity index (χ0v) is 25.2. The average molecular weight is 603 g/mol. The topological polar surface area (TPSA) is 113 Å². The van der Waals surface area contributed by atoms with Crippen molar-refractivity contribution >= 4 is 34.1 Å². The molecule has 0 unspecified atom stereocenters. The molecule has 0 atom stereocenters. The van der Waals surface area contributed by atoms with Crippen LogP contribution < -0.4 is 25.5 Å². The molecule has 6 rings (SSSR count). The zero-order valence-electron chi connectivity index (χ0n) is 25.2. The monoisotopic (exact) mass is 602 g/mol. The lowest BCUT2D eigenvalue weighted by Gasteiger charge is -2.29. The molecule has 0 aliphatic carbocycles. The number of para-hydroxylation sites is 2. The molecule has 5 aromatic rings. The Bertz CT molecular complexity index is 1930. The van der Waals surface area contributed by atoms with Crippen molar-refractivity contribution in [3.8, 4) is 11.5 Å². The van der Waals surface area contributed by atoms with Gasteiger partial charge in [0.1, 0.15) is 5.56 Å². The van der Waals surface area contributed by atoms with E-state index in [1.807, 2.05) is 30.3 Å². The van der Waals surface area contributed by atoms with Crippen LogP contribution in [0.2, 0.25) is 0 Å². The molecule has 2 amide bonds. The molecular formula is C36H34N4O5. The minimum absolute atomic E-state index is 0.0341. The number of benzene rings is 4. The molecular weight excluding hydrogens is 568 g/mol. The third kappa shape index (κ3) is 6.44. The number of nitrogens with one attached hydrogen (secondary N) is 3. The average Bonchev–Trinajstić information content (AvgIpc) is 3.07. The number of carbonyl (C=O) groups is 2. The summed E-state index contributed by atoms with van der Waals surface area (Å²) in [4.78, 5) is 44.6. The number of fused-ring (bicyclic) bond motifs is 2. The molecule has 3 N–H and O–H groups in total. The van der Waals surface area contributed by atoms with Gasteiger partial charge in [-0.15, -0.1) is 0 Å². The molecule has 0 saturated carbocycles. The molecule has 2 heterocycles. The number of nitrogens with zero attached hydrogens (tertiary/aromatic N) is 1. The van der Waals surface area contributed by atoms with Crippen LogP contribution in [0, 0.1) is 0 Å². The van der Waals surface area contributed by atoms with Crippen molar-refractivity contribution in [1.29, 1.82) is 0 Å². The van der Waals surface area contributed by atoms with Crippen LogP contribution in [0.5, 0.6) is 11.5 Å². The van der Waals surface area contributed by atoms with E-state index >= 15 is 0 Å². The van der Waals surface area contributed by atoms with Crippen LogP contribution in [-0.4, -0.2) is 49.0 Å². The first kappa shape index (κ1) is 29.7. The Balaban J connectivity index is 1.07. The minimum atomic E-state index is -0.595. The van der Waals surface area contributed by atoms with Gasteiger partial charge in [0.05, 0.1) is 25.5 Å². The lowest BCUT2D eigenvalue weighted by molar-refractivity contribution is 0.102. The highest BCUT2D eigenvalue weighted by Gasteiger charge is 2.20. The Morgan fingerprint density at radius 1 is 0.822 bits per heavy atom. The van der Waals surface area contributed by atoms with Crippen LogP contribution in [0.4, 0.5) is 11.4 Å². The highest BCUT2D eigenvalue weighted by atomic mass is 16.5. The SMILES string of the molecule is COc1cc2c(cc1OC)CN(CCc1ccc(NC(=O)c3ccccc3NC(=O)c3c[nH]c4ccccc4c3=O)cc1)CC2. The molecule has 1 aromatic heterocycles. The van der Waals surface area contributed by atoms with Crippen molar-refractivity contribution in [3.63, 3.8) is 0 Å². The largest absolute Gasteiger partial charge is 0.493 e. The molecule has 9 heteroatoms. The lowest BCUT2D eigenvalue weighted by atomic mass is 9.98. The summed E-state index contributed by atoms with van der Waals surface area (Å²) in [5.41, 5.74) is 5.19. The number of ether oxygens (including phenoxy) is 2. The van der Waals surface area contributed by atoms with Gasteiger partial charge in [-0.3, -0.25) is 19.3 Å². The second-order valence-corrected chi connectivity index (χ2v) is 11.0. The Morgan fingerprint density at radius 2 is 1.51 bits per heavy atom. The van der Waals surface area contributed by atoms with Crippen LogP contribution in [0.15, 0.2) is 95.9 Å². The maximum absolute atomic E-state index is 13.2. The number of hydrogen-bond donors (Lipinski definition) is 3. The second kappa shape index (κ2) is 13.1. The lowest BCUT2D eigenvalue weighted by Crippen LogP contribution is -2.32. The van der Waals surface area contributed by atoms with E-state index in [2.05, 4.69) is 32.7 Å². The molecule has 1 aliphatic rings. The fourth-order valence-corrected chi connectivity index (χ4v) is 5.69. The van der Waals surface area contributed by atoms with Crippen molar-refractivity contribution in [2.45, 2.75) is 19.4 Å². The second-order valence-electron chi connectivity index (χ2n) is 11.0. The normalized spacial score (nSPS) is 12.8. The summed E-state index contributed by atoms with van der Waals surface area (Å²) in [6.07, 6.45) is 3.23. The Kier molecular flexibility index (Phi) is 8.61. The van der Waals surface area contributed by atoms with Gasteiger partial charge in [-0.1, -0.05) is 36.4 Å². The van der Waals surface area contributed by atoms with Crippen LogP contribution in [0.3, 0.4) is 0 Å². The summed E-state index contributed by atoms with van der Waals surface area (Å²) >= 11 is 0. The molecule has 0 fully saturated rings. The van der Waals surface area contributed by atoms with E-state index < -0.39 is 5.91 Å². The highest BCUT2D eigenvalue weighted by molar-refractivity contribution is 6.12. The van der Waals surface area contributed by atoms with E-state index in [1.165, 1.54) is 22.9 Å². The molecule has 0 radical (unpaired) electrons. The van der Waals surface area contributed by atoms with Crippen molar-refractivity contribution < 1.29 is 19.1 Å². The fourth-order valence-electron chi connectivity index (χ4n) is 5.69. The molecule has 4 aromatic carbocycles. The summed E-state index contributed by atoms with van der Waals surface area (Å²) in [5.74, 6) is 0.552. The van der Waals surface area contributed by atoms with Gasteiger partial charge in [-0.05, 0) is 78.1 Å². The van der Waals surface area contributed by atoms with Crippen LogP contribution in [-0.2, 0) is 19.4 Å². The quantitative estimate of drug-likeness (QED) is 0.201. The van der Waals surface area contributed by atoms with Gasteiger partial charge in [0.15, 0.2) is 11.5 Å². The van der Waals surface area contributed by atoms with E-state index in [-0.39, 0.29) is 22.5 Å². The minimum Gasteiger partial charge on any atom is -0.493 e. The fraction of sp³-hybridized carbons (Fsp3) is 0.194. The summed E-state index contributed by atoms with van der Waals surface area (Å²) in [7, 11) is 3.32. The number of aromatic nitrogens is 1. The number of anilines is 2. The first-order valence-electron chi connectivity index (χ1n) is 14.8. The summed E-state index contributed by atoms with van der Waals surface area (Å²) in [6.45, 7) is 2.74. The number of methoxy groups -OCH3 is 2. The van der Waals surface area contributed by atoms with Gasteiger partial charge in [-0.2, -0.15) is 0 Å². The Morgan fingerprint density at radius 3 is 2.29 bits per heavy atom. The highest BCUT2D eigenvalue weighted by Crippen LogP contribution is 2.33. The summed E-state index contributed by atoms with van der Waals surface area (Å²) in [5, 5.41) is 6.08. The molecule has 228 valence electrons. The van der Waals surface area contributed by atoms with Gasteiger partial charge >= 0.3 is 0 Å². The number of aromatic amines is 1. The smallest absolute Gasteiger partial charge is 0.261 e. The molecule has 0 bridgehead atoms. The van der Waals surface area contributed by atoms with Crippen LogP contribution in [0.25, 0.3) is 10.9 Å². The van der Waals surface area contributed by atoms with Gasteiger partial charge in [-0.25, -0.2) is 0 Å². The predicted octanol–water partition coefficient (Wildman–Crippen LogP) is 5.65. The maximum atomic E-state index is 13.2. The molecule has 9 nitrogen and oxygen atoms in total. The van der Waals surface area contributed by atoms with Crippen molar-refractivity contribution in [2.24, 2.45) is 0 Å². The number of amides is 2. The Hall–Kier alpha value is -5.41. The summed E-state index contributed by atoms with van der Waals surface area (Å²) < 4.78 is 10.9. The summed E-state index contributed by atoms with van der Waals surface area (Å²) in [6, 6.07) is 25.7. The number of H-pyrrole nitrogens is 1. The standard InChI is InChI=1S/C36H34N4O5/c1-44-32-19-24-16-18-40(22-25(24)20-33(32)45-2)17-15-23-11-13-26(14-12-23)38-35(42)28-8-4-6-10-31(28)39-36(43)29-21-37-30-9-5-3-7-27(30)34(29)41/h3-14,19-21H,15-18,22H2,1-2H3,(H,37,41)(H,38,42)(H,39,43). The van der Waals surface area contributed by atoms with E-state index in [9.17, 15) is 14.4 Å². The molecule has 45 heavy (non-hydrogen) atoms. The van der Waals surface area contributed by atoms with E-state index in [0.29, 0.717) is 22.3 Å². The maximum Gasteiger partial charge on any atom is 0.261 e. The number of carbonyl (C=O) groups excluding carboxylic acids is 2. The van der Waals surface area contributed by atoms with Gasteiger partial charge < -0.3 is 25.1 Å². The Labute approximate surface area is 260 Å². The van der Waals surface area contributed by atoms with Crippen LogP contribution >= 0.6 is 0 Å². The van der Waals surface area contributed by atoms with Crippen LogP contribution in [0.1, 0.15) is 37.4 Å². The molecule has 0 spiro atoms. The van der Waals surface area contributed by atoms with Crippen molar-refractivity contribution in [3.05, 3.63) is 129 Å². The van der Waals surface area contributed by atoms with Gasteiger partial charge in [0.2, 0.25) is 5.43 Å². The number of pyridine rings is 1. The van der Waals surface area contributed by atoms with E-state index in [0.717, 1.165) is 44.0 Å². The van der Waals surface area contributed by atoms with Gasteiger partial charge in [0, 0.05) is 42.4 Å². The first-order chi connectivity index (χ1) is 21.9. The van der Waals surface area contributed by atoms with E-state index in [4.69, 9.17) is 9.47 Å². The molecule has 0 saturated heterocycles.